The van der Waals surface area contributed by atoms with E-state index in [1.165, 1.54) is 6.26 Å². The number of carbonyl (C=O) groups is 1. The number of carbonyl (C=O) groups excluding carboxylic acids is 1. The number of nitrogens with zero attached hydrogens (tertiary/aromatic N) is 4. The van der Waals surface area contributed by atoms with Gasteiger partial charge in [0.05, 0.1) is 20.5 Å². The summed E-state index contributed by atoms with van der Waals surface area (Å²) in [6.45, 7) is 1.61. The first kappa shape index (κ1) is 22.3. The third-order valence-corrected chi connectivity index (χ3v) is 5.85. The number of nitriles is 1. The van der Waals surface area contributed by atoms with Crippen LogP contribution in [0.15, 0.2) is 45.4 Å². The maximum Gasteiger partial charge on any atom is 0.266 e. The molecular formula is C24H26N4O5. The fraction of sp³-hybridized carbons (Fsp3) is 0.375. The highest BCUT2D eigenvalue weighted by molar-refractivity contribution is 5.79. The van der Waals surface area contributed by atoms with Crippen molar-refractivity contribution in [2.24, 2.45) is 5.92 Å². The number of hydrogen-bond acceptors (Lipinski definition) is 8. The molecule has 3 aromatic rings. The molecule has 172 valence electrons. The van der Waals surface area contributed by atoms with Crippen LogP contribution in [0.4, 0.5) is 5.88 Å². The van der Waals surface area contributed by atoms with Crippen LogP contribution in [0.25, 0.3) is 11.7 Å². The van der Waals surface area contributed by atoms with Crippen LogP contribution in [0.3, 0.4) is 0 Å². The minimum atomic E-state index is -0.110. The first-order valence-electron chi connectivity index (χ1n) is 10.7. The molecule has 9 heteroatoms. The third-order valence-electron chi connectivity index (χ3n) is 5.85. The molecule has 9 nitrogen and oxygen atoms in total. The number of anilines is 1. The van der Waals surface area contributed by atoms with Gasteiger partial charge in [-0.05, 0) is 31.0 Å². The van der Waals surface area contributed by atoms with Crippen LogP contribution >= 0.6 is 0 Å². The molecular weight excluding hydrogens is 424 g/mol. The Morgan fingerprint density at radius 2 is 2.03 bits per heavy atom. The number of para-hydroxylation sites is 1. The number of hydrogen-bond donors (Lipinski definition) is 0. The Morgan fingerprint density at radius 3 is 2.67 bits per heavy atom. The lowest BCUT2D eigenvalue weighted by Gasteiger charge is -2.33. The Morgan fingerprint density at radius 1 is 1.24 bits per heavy atom. The fourth-order valence-electron chi connectivity index (χ4n) is 4.16. The fourth-order valence-corrected chi connectivity index (χ4v) is 4.16. The van der Waals surface area contributed by atoms with Crippen LogP contribution < -0.4 is 14.4 Å². The first-order chi connectivity index (χ1) is 16.0. The normalized spacial score (nSPS) is 14.1. The van der Waals surface area contributed by atoms with Crippen molar-refractivity contribution in [1.29, 1.82) is 5.26 Å². The molecule has 1 aliphatic heterocycles. The lowest BCUT2D eigenvalue weighted by molar-refractivity contribution is -0.135. The van der Waals surface area contributed by atoms with E-state index in [0.29, 0.717) is 55.6 Å². The van der Waals surface area contributed by atoms with Gasteiger partial charge in [-0.15, -0.1) is 0 Å². The summed E-state index contributed by atoms with van der Waals surface area (Å²) in [5.41, 5.74) is 1.10. The van der Waals surface area contributed by atoms with Crippen molar-refractivity contribution in [3.63, 3.8) is 0 Å². The smallest absolute Gasteiger partial charge is 0.266 e. The van der Waals surface area contributed by atoms with Gasteiger partial charge in [-0.3, -0.25) is 4.79 Å². The molecule has 33 heavy (non-hydrogen) atoms. The molecule has 3 heterocycles. The maximum absolute atomic E-state index is 13.1. The van der Waals surface area contributed by atoms with E-state index in [0.717, 1.165) is 5.56 Å². The number of methoxy groups -OCH3 is 2. The molecule has 1 saturated heterocycles. The second-order valence-corrected chi connectivity index (χ2v) is 7.87. The van der Waals surface area contributed by atoms with Gasteiger partial charge in [-0.25, -0.2) is 0 Å². The number of piperidine rings is 1. The molecule has 0 aliphatic carbocycles. The highest BCUT2D eigenvalue weighted by Crippen LogP contribution is 2.33. The summed E-state index contributed by atoms with van der Waals surface area (Å²) >= 11 is 0. The van der Waals surface area contributed by atoms with E-state index in [1.807, 2.05) is 23.1 Å². The first-order valence-corrected chi connectivity index (χ1v) is 10.7. The average Bonchev–Trinajstić information content (AvgIpc) is 3.53. The lowest BCUT2D eigenvalue weighted by Crippen LogP contribution is -2.41. The van der Waals surface area contributed by atoms with E-state index >= 15 is 0 Å². The van der Waals surface area contributed by atoms with Gasteiger partial charge in [0, 0.05) is 38.2 Å². The zero-order valence-electron chi connectivity index (χ0n) is 18.9. The van der Waals surface area contributed by atoms with Gasteiger partial charge in [-0.2, -0.15) is 10.2 Å². The van der Waals surface area contributed by atoms with Crippen molar-refractivity contribution < 1.29 is 23.1 Å². The number of rotatable bonds is 7. The van der Waals surface area contributed by atoms with Crippen LogP contribution in [0.1, 0.15) is 24.1 Å². The number of ether oxygens (including phenoxy) is 2. The summed E-state index contributed by atoms with van der Waals surface area (Å²) in [5, 5.41) is 9.48. The number of oxazole rings is 1. The molecule has 0 unspecified atom stereocenters. The Kier molecular flexibility index (Phi) is 6.54. The molecule has 2 aromatic heterocycles. The zero-order valence-corrected chi connectivity index (χ0v) is 18.9. The minimum absolute atomic E-state index is 0.0777. The van der Waals surface area contributed by atoms with E-state index < -0.39 is 0 Å². The topological polar surface area (TPSA) is 105 Å². The van der Waals surface area contributed by atoms with Crippen LogP contribution in [0, 0.1) is 17.2 Å². The van der Waals surface area contributed by atoms with Crippen molar-refractivity contribution in [3.05, 3.63) is 47.9 Å². The lowest BCUT2D eigenvalue weighted by atomic mass is 9.95. The molecule has 1 amide bonds. The van der Waals surface area contributed by atoms with Crippen LogP contribution in [0.2, 0.25) is 0 Å². The van der Waals surface area contributed by atoms with Crippen molar-refractivity contribution >= 4 is 11.8 Å². The molecule has 0 saturated carbocycles. The van der Waals surface area contributed by atoms with E-state index in [-0.39, 0.29) is 23.4 Å². The molecule has 0 atom stereocenters. The summed E-state index contributed by atoms with van der Waals surface area (Å²) in [6, 6.07) is 11.2. The second-order valence-electron chi connectivity index (χ2n) is 7.87. The number of benzene rings is 1. The minimum Gasteiger partial charge on any atom is -0.493 e. The number of aromatic nitrogens is 1. The average molecular weight is 450 g/mol. The largest absolute Gasteiger partial charge is 0.493 e. The predicted molar refractivity (Wildman–Crippen MR) is 120 cm³/mol. The van der Waals surface area contributed by atoms with Crippen LogP contribution in [-0.4, -0.2) is 50.1 Å². The monoisotopic (exact) mass is 450 g/mol. The van der Waals surface area contributed by atoms with E-state index in [9.17, 15) is 10.1 Å². The highest BCUT2D eigenvalue weighted by Gasteiger charge is 2.31. The standard InChI is InChI=1S/C24H26N4O5/c1-27(15-17-6-4-7-19(30-2)21(17)31-3)23(29)16-9-11-28(12-10-16)24-18(14-25)26-22(33-24)20-8-5-13-32-20/h4-8,13,16H,9-12,15H2,1-3H3. The molecule has 0 spiro atoms. The molecule has 0 N–H and O–H groups in total. The quantitative estimate of drug-likeness (QED) is 0.537. The van der Waals surface area contributed by atoms with E-state index in [2.05, 4.69) is 11.1 Å². The van der Waals surface area contributed by atoms with E-state index in [4.69, 9.17) is 18.3 Å². The highest BCUT2D eigenvalue weighted by atomic mass is 16.5. The van der Waals surface area contributed by atoms with Gasteiger partial charge < -0.3 is 28.1 Å². The SMILES string of the molecule is COc1cccc(CN(C)C(=O)C2CCN(c3oc(-c4ccco4)nc3C#N)CC2)c1OC. The zero-order chi connectivity index (χ0) is 23.4. The Bertz CT molecular complexity index is 1140. The maximum atomic E-state index is 13.1. The second kappa shape index (κ2) is 9.69. The third kappa shape index (κ3) is 4.51. The number of amides is 1. The molecule has 0 bridgehead atoms. The Hall–Kier alpha value is -3.93. The van der Waals surface area contributed by atoms with Crippen molar-refractivity contribution in [3.8, 4) is 29.2 Å². The summed E-state index contributed by atoms with van der Waals surface area (Å²) in [5.74, 6) is 2.41. The van der Waals surface area contributed by atoms with Gasteiger partial charge in [-0.1, -0.05) is 12.1 Å². The van der Waals surface area contributed by atoms with Crippen molar-refractivity contribution in [2.45, 2.75) is 19.4 Å². The molecule has 1 fully saturated rings. The van der Waals surface area contributed by atoms with Gasteiger partial charge >= 0.3 is 0 Å². The van der Waals surface area contributed by atoms with Gasteiger partial charge in [0.25, 0.3) is 5.89 Å². The summed E-state index contributed by atoms with van der Waals surface area (Å²) in [6.07, 6.45) is 2.83. The van der Waals surface area contributed by atoms with Crippen molar-refractivity contribution in [1.82, 2.24) is 9.88 Å². The predicted octanol–water partition coefficient (Wildman–Crippen LogP) is 3.70. The van der Waals surface area contributed by atoms with Crippen LogP contribution in [0.5, 0.6) is 11.5 Å². The number of furan rings is 1. The Balaban J connectivity index is 1.40. The van der Waals surface area contributed by atoms with Crippen molar-refractivity contribution in [2.75, 3.05) is 39.3 Å². The Labute approximate surface area is 192 Å². The summed E-state index contributed by atoms with van der Waals surface area (Å²) < 4.78 is 22.0. The molecule has 1 aromatic carbocycles. The molecule has 4 rings (SSSR count). The van der Waals surface area contributed by atoms with Crippen LogP contribution in [-0.2, 0) is 11.3 Å². The molecule has 0 radical (unpaired) electrons. The van der Waals surface area contributed by atoms with E-state index in [1.54, 1.807) is 38.3 Å². The van der Waals surface area contributed by atoms with Gasteiger partial charge in [0.2, 0.25) is 17.5 Å². The summed E-state index contributed by atoms with van der Waals surface area (Å²) in [4.78, 5) is 21.1. The van der Waals surface area contributed by atoms with Gasteiger partial charge in [0.1, 0.15) is 6.07 Å². The molecule has 1 aliphatic rings. The van der Waals surface area contributed by atoms with Gasteiger partial charge in [0.15, 0.2) is 17.3 Å². The summed E-state index contributed by atoms with van der Waals surface area (Å²) in [7, 11) is 4.98.